The van der Waals surface area contributed by atoms with Gasteiger partial charge in [-0.15, -0.1) is 0 Å². The van der Waals surface area contributed by atoms with Gasteiger partial charge < -0.3 is 19.7 Å². The van der Waals surface area contributed by atoms with E-state index >= 15 is 0 Å². The van der Waals surface area contributed by atoms with Gasteiger partial charge in [0.1, 0.15) is 6.04 Å². The van der Waals surface area contributed by atoms with Gasteiger partial charge in [-0.2, -0.15) is 0 Å². The molecule has 0 aliphatic heterocycles. The van der Waals surface area contributed by atoms with E-state index in [2.05, 4.69) is 5.32 Å². The first kappa shape index (κ1) is 28.5. The third-order valence-electron chi connectivity index (χ3n) is 7.29. The highest BCUT2D eigenvalue weighted by Gasteiger charge is 2.32. The van der Waals surface area contributed by atoms with Gasteiger partial charge in [0.25, 0.3) is 0 Å². The molecular weight excluding hydrogens is 512 g/mol. The Morgan fingerprint density at radius 3 is 2.31 bits per heavy atom. The number of hydrogen-bond acceptors (Lipinski definition) is 4. The molecule has 4 rings (SSSR count). The SMILES string of the molecule is COc1ccc(CCC(=O)N(Cc2cccc(Cl)c2)[C@H](Cc2ccccc2)C(=O)NC2CCCC2)cc1OC. The normalized spacial score (nSPS) is 14.0. The van der Waals surface area contributed by atoms with Crippen molar-refractivity contribution in [1.29, 1.82) is 0 Å². The fourth-order valence-electron chi connectivity index (χ4n) is 5.18. The summed E-state index contributed by atoms with van der Waals surface area (Å²) < 4.78 is 10.8. The highest BCUT2D eigenvalue weighted by atomic mass is 35.5. The van der Waals surface area contributed by atoms with Crippen LogP contribution in [0.3, 0.4) is 0 Å². The number of carbonyl (C=O) groups is 2. The van der Waals surface area contributed by atoms with Crippen molar-refractivity contribution in [3.63, 3.8) is 0 Å². The van der Waals surface area contributed by atoms with Crippen molar-refractivity contribution < 1.29 is 19.1 Å². The lowest BCUT2D eigenvalue weighted by molar-refractivity contribution is -0.141. The predicted molar refractivity (Wildman–Crippen MR) is 154 cm³/mol. The topological polar surface area (TPSA) is 67.9 Å². The van der Waals surface area contributed by atoms with Crippen molar-refractivity contribution >= 4 is 23.4 Å². The average molecular weight is 549 g/mol. The third-order valence-corrected chi connectivity index (χ3v) is 7.53. The molecule has 1 aliphatic rings. The zero-order valence-corrected chi connectivity index (χ0v) is 23.5. The van der Waals surface area contributed by atoms with E-state index < -0.39 is 6.04 Å². The molecule has 0 bridgehead atoms. The highest BCUT2D eigenvalue weighted by molar-refractivity contribution is 6.30. The van der Waals surface area contributed by atoms with Crippen molar-refractivity contribution in [2.24, 2.45) is 0 Å². The predicted octanol–water partition coefficient (Wildman–Crippen LogP) is 5.99. The zero-order valence-electron chi connectivity index (χ0n) is 22.7. The summed E-state index contributed by atoms with van der Waals surface area (Å²) in [6.07, 6.45) is 5.37. The van der Waals surface area contributed by atoms with Crippen molar-refractivity contribution in [3.8, 4) is 11.5 Å². The van der Waals surface area contributed by atoms with E-state index in [0.29, 0.717) is 35.9 Å². The molecule has 2 amide bonds. The van der Waals surface area contributed by atoms with Crippen LogP contribution >= 0.6 is 11.6 Å². The molecule has 1 N–H and O–H groups in total. The van der Waals surface area contributed by atoms with Gasteiger partial charge in [-0.1, -0.05) is 73.0 Å². The lowest BCUT2D eigenvalue weighted by atomic mass is 10.0. The number of methoxy groups -OCH3 is 2. The first-order chi connectivity index (χ1) is 19.0. The first-order valence-electron chi connectivity index (χ1n) is 13.6. The number of aryl methyl sites for hydroxylation is 1. The molecule has 0 unspecified atom stereocenters. The van der Waals surface area contributed by atoms with Crippen LogP contribution in [-0.4, -0.2) is 43.0 Å². The molecule has 3 aromatic carbocycles. The van der Waals surface area contributed by atoms with E-state index in [9.17, 15) is 9.59 Å². The summed E-state index contributed by atoms with van der Waals surface area (Å²) in [4.78, 5) is 29.4. The number of rotatable bonds is 12. The molecule has 1 fully saturated rings. The van der Waals surface area contributed by atoms with Gasteiger partial charge >= 0.3 is 0 Å². The quantitative estimate of drug-likeness (QED) is 0.302. The Kier molecular flexibility index (Phi) is 10.3. The van der Waals surface area contributed by atoms with Crippen molar-refractivity contribution in [1.82, 2.24) is 10.2 Å². The summed E-state index contributed by atoms with van der Waals surface area (Å²) in [5, 5.41) is 3.84. The number of halogens is 1. The molecule has 0 radical (unpaired) electrons. The molecule has 3 aromatic rings. The lowest BCUT2D eigenvalue weighted by Gasteiger charge is -2.32. The van der Waals surface area contributed by atoms with Gasteiger partial charge in [0, 0.05) is 30.5 Å². The smallest absolute Gasteiger partial charge is 0.243 e. The van der Waals surface area contributed by atoms with Gasteiger partial charge in [-0.25, -0.2) is 0 Å². The average Bonchev–Trinajstić information content (AvgIpc) is 3.47. The van der Waals surface area contributed by atoms with Gasteiger partial charge in [-0.05, 0) is 60.2 Å². The minimum absolute atomic E-state index is 0.0905. The Bertz CT molecular complexity index is 1240. The fraction of sp³-hybridized carbons (Fsp3) is 0.375. The molecule has 206 valence electrons. The van der Waals surface area contributed by atoms with E-state index in [4.69, 9.17) is 21.1 Å². The number of amides is 2. The second-order valence-electron chi connectivity index (χ2n) is 10.0. The van der Waals surface area contributed by atoms with E-state index in [1.165, 1.54) is 0 Å². The fourth-order valence-corrected chi connectivity index (χ4v) is 5.40. The molecule has 0 aromatic heterocycles. The summed E-state index contributed by atoms with van der Waals surface area (Å²) in [5.41, 5.74) is 2.85. The summed E-state index contributed by atoms with van der Waals surface area (Å²) in [7, 11) is 3.19. The Balaban J connectivity index is 1.61. The molecule has 0 heterocycles. The summed E-state index contributed by atoms with van der Waals surface area (Å²) >= 11 is 6.28. The number of ether oxygens (including phenoxy) is 2. The first-order valence-corrected chi connectivity index (χ1v) is 13.9. The standard InChI is InChI=1S/C32H37ClN2O4/c1-38-29-17-15-24(21-30(29)39-2)16-18-31(36)35(22-25-11-8-12-26(33)19-25)28(20-23-9-4-3-5-10-23)32(37)34-27-13-6-7-14-27/h3-5,8-12,15,17,19,21,27-28H,6-7,13-14,16,18,20,22H2,1-2H3,(H,34,37)/t28-/m1/s1. The van der Waals surface area contributed by atoms with Crippen molar-refractivity contribution in [2.75, 3.05) is 14.2 Å². The van der Waals surface area contributed by atoms with Crippen molar-refractivity contribution in [2.45, 2.75) is 63.6 Å². The molecule has 1 aliphatic carbocycles. The molecule has 7 heteroatoms. The number of nitrogens with one attached hydrogen (secondary N) is 1. The van der Waals surface area contributed by atoms with Crippen LogP contribution in [0.25, 0.3) is 0 Å². The third kappa shape index (κ3) is 7.99. The van der Waals surface area contributed by atoms with E-state index in [0.717, 1.165) is 42.4 Å². The summed E-state index contributed by atoms with van der Waals surface area (Å²) in [5.74, 6) is 1.07. The van der Waals surface area contributed by atoms with Gasteiger partial charge in [-0.3, -0.25) is 9.59 Å². The Morgan fingerprint density at radius 2 is 1.62 bits per heavy atom. The maximum Gasteiger partial charge on any atom is 0.243 e. The zero-order chi connectivity index (χ0) is 27.6. The van der Waals surface area contributed by atoms with E-state index in [1.807, 2.05) is 72.8 Å². The second kappa shape index (κ2) is 14.0. The Labute approximate surface area is 236 Å². The number of nitrogens with zero attached hydrogens (tertiary/aromatic N) is 1. The van der Waals surface area contributed by atoms with Crippen molar-refractivity contribution in [3.05, 3.63) is 94.5 Å². The lowest BCUT2D eigenvalue weighted by Crippen LogP contribution is -2.52. The van der Waals surface area contributed by atoms with E-state index in [1.54, 1.807) is 19.1 Å². The molecule has 0 saturated heterocycles. The minimum Gasteiger partial charge on any atom is -0.493 e. The monoisotopic (exact) mass is 548 g/mol. The number of carbonyl (C=O) groups excluding carboxylic acids is 2. The van der Waals surface area contributed by atoms with Gasteiger partial charge in [0.05, 0.1) is 14.2 Å². The summed E-state index contributed by atoms with van der Waals surface area (Å²) in [6, 6.07) is 22.5. The molecule has 1 atom stereocenters. The Morgan fingerprint density at radius 1 is 0.897 bits per heavy atom. The molecule has 0 spiro atoms. The number of benzene rings is 3. The van der Waals surface area contributed by atoms with Gasteiger partial charge in [0.2, 0.25) is 11.8 Å². The van der Waals surface area contributed by atoms with Crippen LogP contribution in [0.15, 0.2) is 72.8 Å². The van der Waals surface area contributed by atoms with Crippen LogP contribution in [0.4, 0.5) is 0 Å². The van der Waals surface area contributed by atoms with Crippen LogP contribution < -0.4 is 14.8 Å². The maximum atomic E-state index is 13.9. The van der Waals surface area contributed by atoms with Crippen LogP contribution in [0.1, 0.15) is 48.8 Å². The van der Waals surface area contributed by atoms with Crippen LogP contribution in [-0.2, 0) is 29.0 Å². The highest BCUT2D eigenvalue weighted by Crippen LogP contribution is 2.28. The molecule has 1 saturated carbocycles. The summed E-state index contributed by atoms with van der Waals surface area (Å²) in [6.45, 7) is 0.293. The Hall–Kier alpha value is -3.51. The van der Waals surface area contributed by atoms with E-state index in [-0.39, 0.29) is 24.3 Å². The molecule has 39 heavy (non-hydrogen) atoms. The van der Waals surface area contributed by atoms with Crippen LogP contribution in [0.2, 0.25) is 5.02 Å². The number of hydrogen-bond donors (Lipinski definition) is 1. The van der Waals surface area contributed by atoms with Crippen LogP contribution in [0.5, 0.6) is 11.5 Å². The molecular formula is C32H37ClN2O4. The molecule has 6 nitrogen and oxygen atoms in total. The van der Waals surface area contributed by atoms with Crippen LogP contribution in [0, 0.1) is 0 Å². The second-order valence-corrected chi connectivity index (χ2v) is 10.5. The van der Waals surface area contributed by atoms with Gasteiger partial charge in [0.15, 0.2) is 11.5 Å². The maximum absolute atomic E-state index is 13.9. The minimum atomic E-state index is -0.648. The largest absolute Gasteiger partial charge is 0.493 e.